The van der Waals surface area contributed by atoms with Gasteiger partial charge < -0.3 is 0 Å². The van der Waals surface area contributed by atoms with Gasteiger partial charge in [0.05, 0.1) is 22.1 Å². The third-order valence-corrected chi connectivity index (χ3v) is 4.69. The van der Waals surface area contributed by atoms with Crippen molar-refractivity contribution in [1.82, 2.24) is 19.9 Å². The Hall–Kier alpha value is -1.42. The zero-order chi connectivity index (χ0) is 22.8. The molecule has 6 aromatic rings. The van der Waals surface area contributed by atoms with Crippen LogP contribution in [0.5, 0.6) is 0 Å². The topological polar surface area (TPSA) is 51.6 Å². The van der Waals surface area contributed by atoms with E-state index in [9.17, 15) is 0 Å². The maximum atomic E-state index is 4.35. The molecule has 8 heteroatoms. The van der Waals surface area contributed by atoms with Crippen molar-refractivity contribution in [2.75, 3.05) is 0 Å². The molecule has 0 N–H and O–H groups in total. The number of halogens is 2. The summed E-state index contributed by atoms with van der Waals surface area (Å²) in [5.41, 5.74) is 3.91. The van der Waals surface area contributed by atoms with Gasteiger partial charge in [-0.1, -0.05) is 48.5 Å². The monoisotopic (exact) mass is 740 g/mol. The van der Waals surface area contributed by atoms with Crippen molar-refractivity contribution in [3.8, 4) is 0 Å². The van der Waals surface area contributed by atoms with Crippen molar-refractivity contribution < 1.29 is 25.5 Å². The maximum absolute atomic E-state index is 4.35. The Kier molecular flexibility index (Phi) is 10.5. The van der Waals surface area contributed by atoms with Crippen molar-refractivity contribution in [2.45, 2.75) is 0 Å². The fourth-order valence-electron chi connectivity index (χ4n) is 3.36. The molecule has 4 heterocycles. The van der Waals surface area contributed by atoms with Crippen molar-refractivity contribution >= 4 is 84.3 Å². The smallest absolute Gasteiger partial charge is 0.0964 e. The molecule has 6 rings (SSSR count). The van der Waals surface area contributed by atoms with E-state index < -0.39 is 0 Å². The molecular formula is C24H16Cu2I2N4. The third-order valence-electron chi connectivity index (χ3n) is 4.69. The predicted octanol–water partition coefficient (Wildman–Crippen LogP) is 7.33. The van der Waals surface area contributed by atoms with E-state index in [2.05, 4.69) is 94.0 Å². The summed E-state index contributed by atoms with van der Waals surface area (Å²) in [6.45, 7) is 0. The van der Waals surface area contributed by atoms with Crippen LogP contribution in [0.15, 0.2) is 97.6 Å². The molecule has 0 saturated carbocycles. The fourth-order valence-corrected chi connectivity index (χ4v) is 3.36. The second-order valence-electron chi connectivity index (χ2n) is 6.43. The number of fused-ring (bicyclic) bond motifs is 6. The third kappa shape index (κ3) is 5.92. The van der Waals surface area contributed by atoms with E-state index in [-0.39, 0.29) is 0 Å². The second-order valence-corrected chi connectivity index (χ2v) is 6.43. The molecule has 0 unspecified atom stereocenters. The second kappa shape index (κ2) is 13.3. The Balaban J connectivity index is 0.000000157. The number of nitrogens with zero attached hydrogens (tertiary/aromatic N) is 4. The first-order valence-electron chi connectivity index (χ1n) is 9.30. The number of benzene rings is 2. The van der Waals surface area contributed by atoms with Gasteiger partial charge in [-0.15, -0.1) is 0 Å². The van der Waals surface area contributed by atoms with Gasteiger partial charge in [0.1, 0.15) is 0 Å². The molecule has 0 fully saturated rings. The van der Waals surface area contributed by atoms with Crippen LogP contribution in [0.2, 0.25) is 0 Å². The van der Waals surface area contributed by atoms with Gasteiger partial charge in [-0.05, 0) is 24.3 Å². The van der Waals surface area contributed by atoms with Crippen LogP contribution < -0.4 is 0 Å². The Morgan fingerprint density at radius 3 is 0.812 bits per heavy atom. The molecule has 2 aromatic carbocycles. The molecule has 4 nitrogen and oxygen atoms in total. The van der Waals surface area contributed by atoms with Gasteiger partial charge in [0, 0.05) is 46.3 Å². The Morgan fingerprint density at radius 1 is 0.375 bits per heavy atom. The molecule has 0 aliphatic rings. The van der Waals surface area contributed by atoms with Gasteiger partial charge >= 0.3 is 66.2 Å². The van der Waals surface area contributed by atoms with E-state index >= 15 is 0 Å². The summed E-state index contributed by atoms with van der Waals surface area (Å²) < 4.78 is 0. The minimum atomic E-state index is 0.977. The predicted molar refractivity (Wildman–Crippen MR) is 142 cm³/mol. The maximum Gasteiger partial charge on any atom is 0.0964 e. The summed E-state index contributed by atoms with van der Waals surface area (Å²) >= 11 is 11.7. The average Bonchev–Trinajstić information content (AvgIpc) is 2.91. The molecule has 4 aromatic heterocycles. The zero-order valence-corrected chi connectivity index (χ0v) is 22.6. The Morgan fingerprint density at radius 2 is 0.594 bits per heavy atom. The molecule has 168 valence electrons. The largest absolute Gasteiger partial charge is 0.254 e. The number of hydrogen-bond acceptors (Lipinski definition) is 4. The number of rotatable bonds is 0. The number of hydrogen-bond donors (Lipinski definition) is 0. The summed E-state index contributed by atoms with van der Waals surface area (Å²) in [4.78, 5) is 17.4. The van der Waals surface area contributed by atoms with Gasteiger partial charge in [-0.2, -0.15) is 0 Å². The molecule has 0 radical (unpaired) electrons. The van der Waals surface area contributed by atoms with Crippen molar-refractivity contribution in [1.29, 1.82) is 0 Å². The van der Waals surface area contributed by atoms with Gasteiger partial charge in [0.15, 0.2) is 0 Å². The van der Waals surface area contributed by atoms with Gasteiger partial charge in [0.2, 0.25) is 0 Å². The minimum Gasteiger partial charge on any atom is -0.254 e. The first-order chi connectivity index (χ1) is 15.9. The first kappa shape index (κ1) is 25.2. The van der Waals surface area contributed by atoms with Crippen LogP contribution in [-0.2, 0) is 25.5 Å². The molecule has 32 heavy (non-hydrogen) atoms. The number of aromatic nitrogens is 4. The molecular weight excluding hydrogens is 725 g/mol. The van der Waals surface area contributed by atoms with Crippen LogP contribution in [0.25, 0.3) is 43.6 Å². The van der Waals surface area contributed by atoms with E-state index in [1.54, 1.807) is 65.5 Å². The van der Waals surface area contributed by atoms with E-state index in [0.717, 1.165) is 43.6 Å². The van der Waals surface area contributed by atoms with E-state index in [1.807, 2.05) is 24.3 Å². The SMILES string of the molecule is [Cu][I].[Cu][I].c1cnc2c(c1)ccc1cccnc12.c1cnc2c(c1)ccc1cccnc12. The fraction of sp³-hybridized carbons (Fsp3) is 0. The summed E-state index contributed by atoms with van der Waals surface area (Å²) in [7, 11) is 0. The van der Waals surface area contributed by atoms with E-state index in [4.69, 9.17) is 0 Å². The number of pyridine rings is 4. The van der Waals surface area contributed by atoms with Crippen LogP contribution >= 0.6 is 40.7 Å². The molecule has 0 aliphatic carbocycles. The molecule has 0 spiro atoms. The van der Waals surface area contributed by atoms with Gasteiger partial charge in [0.25, 0.3) is 0 Å². The minimum absolute atomic E-state index is 0.977. The normalized spacial score (nSPS) is 9.94. The van der Waals surface area contributed by atoms with Crippen molar-refractivity contribution in [2.24, 2.45) is 0 Å². The van der Waals surface area contributed by atoms with Crippen LogP contribution in [0.3, 0.4) is 0 Å². The van der Waals surface area contributed by atoms with Gasteiger partial charge in [-0.25, -0.2) is 0 Å². The molecule has 0 bridgehead atoms. The van der Waals surface area contributed by atoms with E-state index in [0.29, 0.717) is 0 Å². The molecule has 0 atom stereocenters. The van der Waals surface area contributed by atoms with Crippen LogP contribution in [0.1, 0.15) is 0 Å². The van der Waals surface area contributed by atoms with E-state index in [1.165, 1.54) is 0 Å². The average molecular weight is 741 g/mol. The summed E-state index contributed by atoms with van der Waals surface area (Å²) in [5.74, 6) is 0. The van der Waals surface area contributed by atoms with Crippen molar-refractivity contribution in [3.05, 3.63) is 97.6 Å². The van der Waals surface area contributed by atoms with Crippen LogP contribution in [-0.4, -0.2) is 19.9 Å². The Labute approximate surface area is 225 Å². The molecule has 0 saturated heterocycles. The van der Waals surface area contributed by atoms with Crippen molar-refractivity contribution in [3.63, 3.8) is 0 Å². The van der Waals surface area contributed by atoms with Crippen LogP contribution in [0, 0.1) is 0 Å². The van der Waals surface area contributed by atoms with Gasteiger partial charge in [-0.3, -0.25) is 19.9 Å². The van der Waals surface area contributed by atoms with Crippen LogP contribution in [0.4, 0.5) is 0 Å². The first-order valence-corrected chi connectivity index (χ1v) is 15.4. The Bertz CT molecular complexity index is 1230. The standard InChI is InChI=1S/2C12H8N2.2Cu.2HI/c2*1-3-9-5-6-10-4-2-8-14-12(10)11(9)13-7-1;;;;/h2*1-8H;;;2*1H/q;;2*+1;;/p-2. The zero-order valence-electron chi connectivity index (χ0n) is 16.4. The molecule has 0 amide bonds. The summed E-state index contributed by atoms with van der Waals surface area (Å²) in [6.07, 6.45) is 7.21. The summed E-state index contributed by atoms with van der Waals surface area (Å²) in [5, 5.41) is 4.55. The summed E-state index contributed by atoms with van der Waals surface area (Å²) in [6, 6.07) is 24.3. The molecule has 0 aliphatic heterocycles. The quantitative estimate of drug-likeness (QED) is 0.0931.